The molecule has 2 fully saturated rings. The lowest BCUT2D eigenvalue weighted by Crippen LogP contribution is -2.48. The van der Waals surface area contributed by atoms with E-state index in [0.717, 1.165) is 25.1 Å². The van der Waals surface area contributed by atoms with E-state index in [2.05, 4.69) is 23.5 Å². The topological polar surface area (TPSA) is 67.9 Å². The van der Waals surface area contributed by atoms with E-state index in [9.17, 15) is 8.42 Å². The largest absolute Gasteiger partial charge is 0.495 e. The fourth-order valence-electron chi connectivity index (χ4n) is 3.93. The lowest BCUT2D eigenvalue weighted by molar-refractivity contribution is -0.0683. The van der Waals surface area contributed by atoms with Gasteiger partial charge in [0.2, 0.25) is 10.0 Å². The van der Waals surface area contributed by atoms with Crippen LogP contribution in [0, 0.1) is 5.92 Å². The molecule has 7 heteroatoms. The predicted octanol–water partition coefficient (Wildman–Crippen LogP) is 2.59. The van der Waals surface area contributed by atoms with Crippen LogP contribution in [0.3, 0.4) is 0 Å². The van der Waals surface area contributed by atoms with Crippen LogP contribution in [0.25, 0.3) is 0 Å². The maximum Gasteiger partial charge on any atom is 0.244 e. The van der Waals surface area contributed by atoms with Gasteiger partial charge in [0, 0.05) is 25.2 Å². The second kappa shape index (κ2) is 8.07. The Morgan fingerprint density at radius 3 is 2.59 bits per heavy atom. The molecule has 0 aliphatic carbocycles. The number of fused-ring (bicyclic) bond motifs is 1. The van der Waals surface area contributed by atoms with Crippen LogP contribution in [0.2, 0.25) is 0 Å². The Hall–Kier alpha value is -1.15. The summed E-state index contributed by atoms with van der Waals surface area (Å²) in [6.07, 6.45) is 0.996. The highest BCUT2D eigenvalue weighted by molar-refractivity contribution is 7.89. The fraction of sp³-hybridized carbons (Fsp3) is 0.700. The van der Waals surface area contributed by atoms with Gasteiger partial charge in [0.1, 0.15) is 10.6 Å². The number of rotatable bonds is 6. The Bertz CT molecular complexity index is 763. The lowest BCUT2D eigenvalue weighted by atomic mass is 10.0. The summed E-state index contributed by atoms with van der Waals surface area (Å²) in [5.41, 5.74) is 0.980. The van der Waals surface area contributed by atoms with Crippen molar-refractivity contribution < 1.29 is 17.9 Å². The number of sulfonamides is 1. The highest BCUT2D eigenvalue weighted by Gasteiger charge is 2.39. The Morgan fingerprint density at radius 2 is 1.96 bits per heavy atom. The molecule has 2 saturated heterocycles. The third-order valence-electron chi connectivity index (χ3n) is 5.65. The second-order valence-electron chi connectivity index (χ2n) is 8.34. The molecule has 152 valence electrons. The van der Waals surface area contributed by atoms with Crippen molar-refractivity contribution >= 4 is 10.0 Å². The van der Waals surface area contributed by atoms with E-state index < -0.39 is 10.0 Å². The summed E-state index contributed by atoms with van der Waals surface area (Å²) in [4.78, 5) is 2.58. The standard InChI is InChI=1S/C20H32N2O4S/c1-13(2)15-6-7-18(25-5)20(8-15)27(23,24)21-16-9-17-12-26-19(14(3)4)11-22(17)10-16/h6-8,13-14,16-17,19,21H,9-12H2,1-5H3/t16-,17-,19+/m0/s1. The second-order valence-corrected chi connectivity index (χ2v) is 10.0. The van der Waals surface area contributed by atoms with Crippen LogP contribution >= 0.6 is 0 Å². The molecule has 6 nitrogen and oxygen atoms in total. The zero-order valence-corrected chi connectivity index (χ0v) is 17.8. The molecule has 0 radical (unpaired) electrons. The summed E-state index contributed by atoms with van der Waals surface area (Å²) >= 11 is 0. The number of nitrogens with zero attached hydrogens (tertiary/aromatic N) is 1. The minimum atomic E-state index is -3.66. The molecule has 2 aliphatic rings. The van der Waals surface area contributed by atoms with Gasteiger partial charge in [0.25, 0.3) is 0 Å². The van der Waals surface area contributed by atoms with Crippen molar-refractivity contribution in [3.63, 3.8) is 0 Å². The van der Waals surface area contributed by atoms with E-state index in [0.29, 0.717) is 18.3 Å². The van der Waals surface area contributed by atoms with Gasteiger partial charge in [-0.15, -0.1) is 0 Å². The predicted molar refractivity (Wildman–Crippen MR) is 106 cm³/mol. The molecule has 2 aliphatic heterocycles. The summed E-state index contributed by atoms with van der Waals surface area (Å²) in [5.74, 6) is 1.09. The van der Waals surface area contributed by atoms with Crippen molar-refractivity contribution in [2.45, 2.75) is 63.1 Å². The van der Waals surface area contributed by atoms with Crippen LogP contribution < -0.4 is 9.46 Å². The first-order valence-electron chi connectivity index (χ1n) is 9.77. The Morgan fingerprint density at radius 1 is 1.22 bits per heavy atom. The van der Waals surface area contributed by atoms with Crippen molar-refractivity contribution in [1.29, 1.82) is 0 Å². The minimum absolute atomic E-state index is 0.109. The molecule has 0 bridgehead atoms. The van der Waals surface area contributed by atoms with Crippen molar-refractivity contribution in [3.8, 4) is 5.75 Å². The van der Waals surface area contributed by atoms with E-state index in [1.54, 1.807) is 12.1 Å². The number of benzene rings is 1. The third-order valence-corrected chi connectivity index (χ3v) is 7.20. The molecule has 1 aromatic carbocycles. The molecule has 0 amide bonds. The molecule has 0 saturated carbocycles. The van der Waals surface area contributed by atoms with E-state index in [1.807, 2.05) is 19.9 Å². The molecule has 0 aromatic heterocycles. The van der Waals surface area contributed by atoms with Gasteiger partial charge in [-0.25, -0.2) is 13.1 Å². The van der Waals surface area contributed by atoms with Crippen molar-refractivity contribution in [3.05, 3.63) is 23.8 Å². The molecule has 2 heterocycles. The Balaban J connectivity index is 1.75. The molecule has 27 heavy (non-hydrogen) atoms. The molecule has 3 rings (SSSR count). The third kappa shape index (κ3) is 4.47. The average Bonchev–Trinajstić information content (AvgIpc) is 3.01. The van der Waals surface area contributed by atoms with Crippen molar-refractivity contribution in [1.82, 2.24) is 9.62 Å². The van der Waals surface area contributed by atoms with Gasteiger partial charge >= 0.3 is 0 Å². The van der Waals surface area contributed by atoms with Gasteiger partial charge < -0.3 is 9.47 Å². The van der Waals surface area contributed by atoms with Gasteiger partial charge in [0.15, 0.2) is 0 Å². The summed E-state index contributed by atoms with van der Waals surface area (Å²) < 4.78 is 40.3. The summed E-state index contributed by atoms with van der Waals surface area (Å²) in [5, 5.41) is 0. The summed E-state index contributed by atoms with van der Waals surface area (Å²) in [6, 6.07) is 5.56. The van der Waals surface area contributed by atoms with Gasteiger partial charge in [0.05, 0.1) is 19.8 Å². The summed E-state index contributed by atoms with van der Waals surface area (Å²) in [7, 11) is -2.16. The quantitative estimate of drug-likeness (QED) is 0.801. The van der Waals surface area contributed by atoms with Gasteiger partial charge in [-0.3, -0.25) is 4.90 Å². The number of morpholine rings is 1. The average molecular weight is 397 g/mol. The van der Waals surface area contributed by atoms with Crippen LogP contribution in [0.1, 0.15) is 45.6 Å². The number of ether oxygens (including phenoxy) is 2. The SMILES string of the molecule is COc1ccc(C(C)C)cc1S(=O)(=O)N[C@H]1C[C@H]2CO[C@@H](C(C)C)CN2C1. The summed E-state index contributed by atoms with van der Waals surface area (Å²) in [6.45, 7) is 10.7. The first kappa shape index (κ1) is 20.6. The van der Waals surface area contributed by atoms with Crippen LogP contribution in [0.5, 0.6) is 5.75 Å². The molecular formula is C20H32N2O4S. The van der Waals surface area contributed by atoms with Gasteiger partial charge in [-0.05, 0) is 36.0 Å². The maximum absolute atomic E-state index is 13.1. The first-order valence-corrected chi connectivity index (χ1v) is 11.3. The van der Waals surface area contributed by atoms with Crippen LogP contribution in [0.15, 0.2) is 23.1 Å². The van der Waals surface area contributed by atoms with E-state index in [-0.39, 0.29) is 29.0 Å². The highest BCUT2D eigenvalue weighted by atomic mass is 32.2. The fourth-order valence-corrected chi connectivity index (χ4v) is 5.38. The monoisotopic (exact) mass is 396 g/mol. The zero-order valence-electron chi connectivity index (χ0n) is 16.9. The van der Waals surface area contributed by atoms with Crippen LogP contribution in [-0.2, 0) is 14.8 Å². The van der Waals surface area contributed by atoms with E-state index >= 15 is 0 Å². The minimum Gasteiger partial charge on any atom is -0.495 e. The number of hydrogen-bond donors (Lipinski definition) is 1. The molecule has 1 N–H and O–H groups in total. The number of hydrogen-bond acceptors (Lipinski definition) is 5. The van der Waals surface area contributed by atoms with Gasteiger partial charge in [-0.2, -0.15) is 0 Å². The Labute approximate surface area is 163 Å². The maximum atomic E-state index is 13.1. The van der Waals surface area contributed by atoms with Crippen molar-refractivity contribution in [2.75, 3.05) is 26.8 Å². The lowest BCUT2D eigenvalue weighted by Gasteiger charge is -2.36. The van der Waals surface area contributed by atoms with Crippen molar-refractivity contribution in [2.24, 2.45) is 5.92 Å². The van der Waals surface area contributed by atoms with E-state index in [4.69, 9.17) is 9.47 Å². The number of methoxy groups -OCH3 is 1. The van der Waals surface area contributed by atoms with E-state index in [1.165, 1.54) is 7.11 Å². The molecule has 0 unspecified atom stereocenters. The molecule has 3 atom stereocenters. The van der Waals surface area contributed by atoms with Crippen LogP contribution in [0.4, 0.5) is 0 Å². The van der Waals surface area contributed by atoms with Gasteiger partial charge in [-0.1, -0.05) is 33.8 Å². The zero-order chi connectivity index (χ0) is 19.8. The molecular weight excluding hydrogens is 364 g/mol. The normalized spacial score (nSPS) is 26.6. The first-order chi connectivity index (χ1) is 12.7. The highest BCUT2D eigenvalue weighted by Crippen LogP contribution is 2.30. The van der Waals surface area contributed by atoms with Crippen LogP contribution in [-0.4, -0.2) is 58.3 Å². The molecule has 0 spiro atoms. The smallest absolute Gasteiger partial charge is 0.244 e. The number of nitrogens with one attached hydrogen (secondary N) is 1. The Kier molecular flexibility index (Phi) is 6.15. The molecule has 1 aromatic rings.